The van der Waals surface area contributed by atoms with Gasteiger partial charge in [0.1, 0.15) is 5.75 Å². The molecular weight excluding hydrogens is 333 g/mol. The summed E-state index contributed by atoms with van der Waals surface area (Å²) in [6.07, 6.45) is 0.514. The number of Topliss-reactive ketones (excluding diaryl/α,β-unsaturated/α-hetero) is 1. The van der Waals surface area contributed by atoms with Gasteiger partial charge in [-0.25, -0.2) is 4.79 Å². The van der Waals surface area contributed by atoms with Gasteiger partial charge in [0.2, 0.25) is 0 Å². The molecule has 1 atom stereocenters. The topological polar surface area (TPSA) is 95.9 Å². The van der Waals surface area contributed by atoms with Crippen molar-refractivity contribution in [3.8, 4) is 5.75 Å². The fourth-order valence-electron chi connectivity index (χ4n) is 3.24. The van der Waals surface area contributed by atoms with Gasteiger partial charge in [-0.3, -0.25) is 4.79 Å². The molecule has 7 heteroatoms. The molecule has 2 aromatic carbocycles. The quantitative estimate of drug-likeness (QED) is 0.544. The average Bonchev–Trinajstić information content (AvgIpc) is 2.62. The van der Waals surface area contributed by atoms with Crippen molar-refractivity contribution in [3.63, 3.8) is 0 Å². The molecule has 0 amide bonds. The maximum absolute atomic E-state index is 12.6. The van der Waals surface area contributed by atoms with Crippen LogP contribution in [-0.4, -0.2) is 36.0 Å². The molecule has 0 fully saturated rings. The van der Waals surface area contributed by atoms with Crippen molar-refractivity contribution in [1.82, 2.24) is 5.32 Å². The van der Waals surface area contributed by atoms with E-state index in [1.54, 1.807) is 18.2 Å². The third kappa shape index (κ3) is 3.79. The second-order valence-corrected chi connectivity index (χ2v) is 6.43. The molecule has 0 radical (unpaired) electrons. The van der Waals surface area contributed by atoms with Gasteiger partial charge in [-0.05, 0) is 36.7 Å². The average molecular weight is 353 g/mol. The number of para-hydroxylation sites is 1. The number of nitrogens with one attached hydrogen (secondary N) is 1. The molecule has 26 heavy (non-hydrogen) atoms. The van der Waals surface area contributed by atoms with Crippen LogP contribution in [0.4, 0.5) is 0 Å². The maximum Gasteiger partial charge on any atom is 0.526 e. The van der Waals surface area contributed by atoms with Crippen LogP contribution in [0.3, 0.4) is 0 Å². The summed E-state index contributed by atoms with van der Waals surface area (Å²) in [7, 11) is 0.625. The highest BCUT2D eigenvalue weighted by molar-refractivity contribution is 6.47. The third-order valence-corrected chi connectivity index (χ3v) is 4.53. The molecule has 0 saturated heterocycles. The van der Waals surface area contributed by atoms with E-state index in [-0.39, 0.29) is 23.5 Å². The number of carboxylic acid groups (broad SMARTS) is 1. The summed E-state index contributed by atoms with van der Waals surface area (Å²) < 4.78 is 5.45. The zero-order valence-corrected chi connectivity index (χ0v) is 14.4. The number of hydrogen-bond donors (Lipinski definition) is 3. The van der Waals surface area contributed by atoms with Crippen molar-refractivity contribution in [2.24, 2.45) is 0 Å². The Hall–Kier alpha value is -2.64. The van der Waals surface area contributed by atoms with Crippen molar-refractivity contribution in [3.05, 3.63) is 64.7 Å². The first-order chi connectivity index (χ1) is 12.5. The Balaban J connectivity index is 1.77. The molecule has 1 heterocycles. The standard InChI is InChI=1S/C19H20BNO5/c1-21-11-12-4-2-5-13(8-12)17(22)10-15-9-14-6-3-7-16(19(23)24)18(14)26-20(15)25/h2-8,15,21,25H,9-11H2,1H3,(H,23,24)/t15-/m1/s1. The van der Waals surface area contributed by atoms with Crippen molar-refractivity contribution >= 4 is 18.9 Å². The zero-order valence-electron chi connectivity index (χ0n) is 14.4. The summed E-state index contributed by atoms with van der Waals surface area (Å²) >= 11 is 0. The van der Waals surface area contributed by atoms with E-state index in [9.17, 15) is 19.7 Å². The Labute approximate surface area is 152 Å². The van der Waals surface area contributed by atoms with Crippen LogP contribution in [0.2, 0.25) is 5.82 Å². The molecule has 134 valence electrons. The van der Waals surface area contributed by atoms with Crippen LogP contribution in [0, 0.1) is 0 Å². The Morgan fingerprint density at radius 3 is 2.77 bits per heavy atom. The number of hydrogen-bond acceptors (Lipinski definition) is 5. The largest absolute Gasteiger partial charge is 0.535 e. The second-order valence-electron chi connectivity index (χ2n) is 6.43. The summed E-state index contributed by atoms with van der Waals surface area (Å²) in [4.78, 5) is 23.9. The highest BCUT2D eigenvalue weighted by atomic mass is 16.5. The number of aromatic carboxylic acids is 1. The van der Waals surface area contributed by atoms with Gasteiger partial charge in [0, 0.05) is 24.3 Å². The minimum Gasteiger partial charge on any atom is -0.535 e. The fraction of sp³-hybridized carbons (Fsp3) is 0.263. The van der Waals surface area contributed by atoms with Crippen LogP contribution in [0.1, 0.15) is 38.3 Å². The Morgan fingerprint density at radius 1 is 1.27 bits per heavy atom. The van der Waals surface area contributed by atoms with Crippen molar-refractivity contribution < 1.29 is 24.4 Å². The summed E-state index contributed by atoms with van der Waals surface area (Å²) in [5.41, 5.74) is 2.31. The molecular formula is C19H20BNO5. The molecule has 0 spiro atoms. The Bertz CT molecular complexity index is 838. The lowest BCUT2D eigenvalue weighted by Gasteiger charge is -2.28. The first-order valence-electron chi connectivity index (χ1n) is 8.46. The summed E-state index contributed by atoms with van der Waals surface area (Å²) in [5, 5.41) is 22.6. The van der Waals surface area contributed by atoms with Crippen molar-refractivity contribution in [2.45, 2.75) is 25.2 Å². The third-order valence-electron chi connectivity index (χ3n) is 4.53. The molecule has 0 saturated carbocycles. The van der Waals surface area contributed by atoms with E-state index in [1.165, 1.54) is 6.07 Å². The monoisotopic (exact) mass is 353 g/mol. The number of ketones is 1. The van der Waals surface area contributed by atoms with Gasteiger partial charge in [0.15, 0.2) is 5.78 Å². The smallest absolute Gasteiger partial charge is 0.526 e. The fourth-order valence-corrected chi connectivity index (χ4v) is 3.24. The predicted molar refractivity (Wildman–Crippen MR) is 97.6 cm³/mol. The van der Waals surface area contributed by atoms with Crippen LogP contribution >= 0.6 is 0 Å². The number of carboxylic acids is 1. The number of fused-ring (bicyclic) bond motifs is 1. The summed E-state index contributed by atoms with van der Waals surface area (Å²) in [6.45, 7) is 0.668. The second kappa shape index (κ2) is 7.72. The van der Waals surface area contributed by atoms with E-state index in [1.807, 2.05) is 25.2 Å². The van der Waals surface area contributed by atoms with E-state index in [4.69, 9.17) is 4.65 Å². The van der Waals surface area contributed by atoms with Crippen LogP contribution in [0.5, 0.6) is 5.75 Å². The minimum atomic E-state index is -1.22. The lowest BCUT2D eigenvalue weighted by molar-refractivity contribution is 0.0693. The lowest BCUT2D eigenvalue weighted by Crippen LogP contribution is -2.35. The minimum absolute atomic E-state index is 0.0195. The molecule has 0 aromatic heterocycles. The van der Waals surface area contributed by atoms with Crippen LogP contribution in [0.15, 0.2) is 42.5 Å². The summed E-state index contributed by atoms with van der Waals surface area (Å²) in [5.74, 6) is -1.42. The number of benzene rings is 2. The summed E-state index contributed by atoms with van der Waals surface area (Å²) in [6, 6.07) is 12.2. The molecule has 2 aromatic rings. The van der Waals surface area contributed by atoms with Crippen molar-refractivity contribution in [1.29, 1.82) is 0 Å². The molecule has 1 aliphatic rings. The molecule has 0 unspecified atom stereocenters. The van der Waals surface area contributed by atoms with Crippen LogP contribution < -0.4 is 9.97 Å². The Morgan fingerprint density at radius 2 is 2.04 bits per heavy atom. The van der Waals surface area contributed by atoms with Gasteiger partial charge >= 0.3 is 13.1 Å². The Kier molecular flexibility index (Phi) is 5.39. The lowest BCUT2D eigenvalue weighted by atomic mass is 9.64. The highest BCUT2D eigenvalue weighted by Gasteiger charge is 2.37. The van der Waals surface area contributed by atoms with E-state index in [2.05, 4.69) is 5.32 Å². The zero-order chi connectivity index (χ0) is 18.7. The number of rotatable bonds is 6. The first kappa shape index (κ1) is 18.2. The molecule has 6 nitrogen and oxygen atoms in total. The van der Waals surface area contributed by atoms with Crippen molar-refractivity contribution in [2.75, 3.05) is 7.05 Å². The molecule has 0 aliphatic carbocycles. The van der Waals surface area contributed by atoms with Gasteiger partial charge in [-0.2, -0.15) is 0 Å². The maximum atomic E-state index is 12.6. The molecule has 1 aliphatic heterocycles. The van der Waals surface area contributed by atoms with Crippen LogP contribution in [-0.2, 0) is 13.0 Å². The molecule has 3 N–H and O–H groups in total. The first-order valence-corrected chi connectivity index (χ1v) is 8.46. The van der Waals surface area contributed by atoms with Gasteiger partial charge in [0.05, 0.1) is 5.56 Å². The van der Waals surface area contributed by atoms with E-state index in [0.717, 1.165) is 5.56 Å². The SMILES string of the molecule is CNCc1cccc(C(=O)C[C@H]2Cc3cccc(C(=O)O)c3OB2O)c1. The van der Waals surface area contributed by atoms with E-state index >= 15 is 0 Å². The van der Waals surface area contributed by atoms with E-state index in [0.29, 0.717) is 24.1 Å². The highest BCUT2D eigenvalue weighted by Crippen LogP contribution is 2.36. The normalized spacial score (nSPS) is 15.9. The molecule has 0 bridgehead atoms. The predicted octanol–water partition coefficient (Wildman–Crippen LogP) is 2.16. The van der Waals surface area contributed by atoms with Gasteiger partial charge in [0.25, 0.3) is 0 Å². The van der Waals surface area contributed by atoms with Gasteiger partial charge in [-0.15, -0.1) is 0 Å². The number of carbonyl (C=O) groups is 2. The van der Waals surface area contributed by atoms with Crippen LogP contribution in [0.25, 0.3) is 0 Å². The van der Waals surface area contributed by atoms with Gasteiger partial charge < -0.3 is 20.1 Å². The van der Waals surface area contributed by atoms with E-state index < -0.39 is 18.9 Å². The number of carbonyl (C=O) groups excluding carboxylic acids is 1. The molecule has 3 rings (SSSR count). The van der Waals surface area contributed by atoms with Gasteiger partial charge in [-0.1, -0.05) is 30.3 Å².